The summed E-state index contributed by atoms with van der Waals surface area (Å²) in [4.78, 5) is 14.3. The van der Waals surface area contributed by atoms with E-state index in [0.29, 0.717) is 11.7 Å². The Morgan fingerprint density at radius 1 is 1.36 bits per heavy atom. The SMILES string of the molecule is CC(C(=O)C1CCC1)N1CCNCC1. The van der Waals surface area contributed by atoms with Gasteiger partial charge in [-0.25, -0.2) is 0 Å². The molecule has 0 aromatic carbocycles. The highest BCUT2D eigenvalue weighted by molar-refractivity contribution is 5.86. The van der Waals surface area contributed by atoms with Crippen molar-refractivity contribution in [1.29, 1.82) is 0 Å². The lowest BCUT2D eigenvalue weighted by atomic mass is 9.80. The average molecular weight is 196 g/mol. The van der Waals surface area contributed by atoms with E-state index >= 15 is 0 Å². The zero-order chi connectivity index (χ0) is 9.97. The molecular formula is C11H20N2O. The van der Waals surface area contributed by atoms with Crippen molar-refractivity contribution in [2.45, 2.75) is 32.2 Å². The van der Waals surface area contributed by atoms with E-state index in [1.165, 1.54) is 6.42 Å². The molecule has 2 fully saturated rings. The maximum atomic E-state index is 12.0. The molecule has 14 heavy (non-hydrogen) atoms. The zero-order valence-electron chi connectivity index (χ0n) is 8.96. The van der Waals surface area contributed by atoms with Gasteiger partial charge in [-0.2, -0.15) is 0 Å². The number of hydrogen-bond acceptors (Lipinski definition) is 3. The lowest BCUT2D eigenvalue weighted by molar-refractivity contribution is -0.130. The van der Waals surface area contributed by atoms with Crippen LogP contribution in [0.4, 0.5) is 0 Å². The Morgan fingerprint density at radius 2 is 2.00 bits per heavy atom. The maximum Gasteiger partial charge on any atom is 0.152 e. The minimum absolute atomic E-state index is 0.155. The zero-order valence-corrected chi connectivity index (χ0v) is 8.96. The van der Waals surface area contributed by atoms with Gasteiger partial charge in [0.05, 0.1) is 6.04 Å². The fourth-order valence-corrected chi connectivity index (χ4v) is 2.28. The van der Waals surface area contributed by atoms with Gasteiger partial charge in [0.25, 0.3) is 0 Å². The topological polar surface area (TPSA) is 32.3 Å². The Labute approximate surface area is 85.8 Å². The van der Waals surface area contributed by atoms with Crippen LogP contribution < -0.4 is 5.32 Å². The Morgan fingerprint density at radius 3 is 2.50 bits per heavy atom. The molecular weight excluding hydrogens is 176 g/mol. The predicted octanol–water partition coefficient (Wildman–Crippen LogP) is 0.649. The third-order valence-electron chi connectivity index (χ3n) is 3.62. The normalized spacial score (nSPS) is 26.9. The number of carbonyl (C=O) groups excluding carboxylic acids is 1. The largest absolute Gasteiger partial charge is 0.314 e. The van der Waals surface area contributed by atoms with E-state index in [1.54, 1.807) is 0 Å². The third-order valence-corrected chi connectivity index (χ3v) is 3.62. The summed E-state index contributed by atoms with van der Waals surface area (Å²) in [5, 5.41) is 3.31. The van der Waals surface area contributed by atoms with Crippen LogP contribution in [0.1, 0.15) is 26.2 Å². The van der Waals surface area contributed by atoms with Crippen LogP contribution >= 0.6 is 0 Å². The van der Waals surface area contributed by atoms with E-state index in [0.717, 1.165) is 39.0 Å². The molecule has 0 bridgehead atoms. The number of nitrogens with one attached hydrogen (secondary N) is 1. The first kappa shape index (κ1) is 10.1. The second-order valence-corrected chi connectivity index (χ2v) is 4.49. The molecule has 3 heteroatoms. The van der Waals surface area contributed by atoms with Crippen molar-refractivity contribution in [2.75, 3.05) is 26.2 Å². The van der Waals surface area contributed by atoms with E-state index in [9.17, 15) is 4.79 Å². The van der Waals surface area contributed by atoms with E-state index in [4.69, 9.17) is 0 Å². The minimum Gasteiger partial charge on any atom is -0.314 e. The maximum absolute atomic E-state index is 12.0. The van der Waals surface area contributed by atoms with Crippen molar-refractivity contribution >= 4 is 5.78 Å². The molecule has 1 atom stereocenters. The van der Waals surface area contributed by atoms with Crippen LogP contribution in [-0.2, 0) is 4.79 Å². The molecule has 0 aromatic heterocycles. The first-order chi connectivity index (χ1) is 6.79. The Balaban J connectivity index is 1.85. The highest BCUT2D eigenvalue weighted by Gasteiger charge is 2.31. The average Bonchev–Trinajstić information content (AvgIpc) is 2.15. The summed E-state index contributed by atoms with van der Waals surface area (Å²) in [6.45, 7) is 6.19. The summed E-state index contributed by atoms with van der Waals surface area (Å²) in [5.41, 5.74) is 0. The third kappa shape index (κ3) is 1.98. The second-order valence-electron chi connectivity index (χ2n) is 4.49. The molecule has 80 valence electrons. The summed E-state index contributed by atoms with van der Waals surface area (Å²) < 4.78 is 0. The molecule has 2 rings (SSSR count). The van der Waals surface area contributed by atoms with E-state index in [-0.39, 0.29) is 6.04 Å². The fraction of sp³-hybridized carbons (Fsp3) is 0.909. The lowest BCUT2D eigenvalue weighted by Crippen LogP contribution is -2.51. The summed E-state index contributed by atoms with van der Waals surface area (Å²) in [6, 6.07) is 0.155. The van der Waals surface area contributed by atoms with Crippen molar-refractivity contribution in [1.82, 2.24) is 10.2 Å². The Bertz CT molecular complexity index is 207. The molecule has 0 aromatic rings. The van der Waals surface area contributed by atoms with Gasteiger partial charge in [0.2, 0.25) is 0 Å². The van der Waals surface area contributed by atoms with Gasteiger partial charge in [0.15, 0.2) is 5.78 Å². The smallest absolute Gasteiger partial charge is 0.152 e. The minimum atomic E-state index is 0.155. The molecule has 1 N–H and O–H groups in total. The van der Waals surface area contributed by atoms with Crippen molar-refractivity contribution < 1.29 is 4.79 Å². The molecule has 1 heterocycles. The van der Waals surface area contributed by atoms with Crippen LogP contribution in [0.2, 0.25) is 0 Å². The number of carbonyl (C=O) groups is 1. The molecule has 0 radical (unpaired) electrons. The Hall–Kier alpha value is -0.410. The van der Waals surface area contributed by atoms with Crippen LogP contribution in [0.25, 0.3) is 0 Å². The van der Waals surface area contributed by atoms with Crippen LogP contribution in [0.15, 0.2) is 0 Å². The molecule has 3 nitrogen and oxygen atoms in total. The van der Waals surface area contributed by atoms with Gasteiger partial charge in [0.1, 0.15) is 0 Å². The first-order valence-corrected chi connectivity index (χ1v) is 5.77. The number of ketones is 1. The monoisotopic (exact) mass is 196 g/mol. The highest BCUT2D eigenvalue weighted by atomic mass is 16.1. The van der Waals surface area contributed by atoms with Crippen LogP contribution in [0, 0.1) is 5.92 Å². The van der Waals surface area contributed by atoms with E-state index in [1.807, 2.05) is 0 Å². The first-order valence-electron chi connectivity index (χ1n) is 5.77. The van der Waals surface area contributed by atoms with Crippen LogP contribution in [0.5, 0.6) is 0 Å². The Kier molecular flexibility index (Phi) is 3.19. The van der Waals surface area contributed by atoms with Crippen molar-refractivity contribution in [3.05, 3.63) is 0 Å². The number of Topliss-reactive ketones (excluding diaryl/α,β-unsaturated/α-hetero) is 1. The van der Waals surface area contributed by atoms with Crippen LogP contribution in [-0.4, -0.2) is 42.9 Å². The number of rotatable bonds is 3. The summed E-state index contributed by atoms with van der Waals surface area (Å²) in [7, 11) is 0. The summed E-state index contributed by atoms with van der Waals surface area (Å²) in [6.07, 6.45) is 3.52. The number of hydrogen-bond donors (Lipinski definition) is 1. The van der Waals surface area contributed by atoms with Gasteiger partial charge in [-0.05, 0) is 19.8 Å². The molecule has 2 aliphatic rings. The van der Waals surface area contributed by atoms with E-state index in [2.05, 4.69) is 17.1 Å². The summed E-state index contributed by atoms with van der Waals surface area (Å²) >= 11 is 0. The molecule has 1 unspecified atom stereocenters. The molecule has 0 spiro atoms. The summed E-state index contributed by atoms with van der Waals surface area (Å²) in [5.74, 6) is 0.873. The lowest BCUT2D eigenvalue weighted by Gasteiger charge is -2.35. The van der Waals surface area contributed by atoms with Crippen molar-refractivity contribution in [3.63, 3.8) is 0 Å². The standard InChI is InChI=1S/C11H20N2O/c1-9(11(14)10-3-2-4-10)13-7-5-12-6-8-13/h9-10,12H,2-8H2,1H3. The number of piperazine rings is 1. The van der Waals surface area contributed by atoms with Gasteiger partial charge in [-0.3, -0.25) is 9.69 Å². The van der Waals surface area contributed by atoms with Crippen LogP contribution in [0.3, 0.4) is 0 Å². The van der Waals surface area contributed by atoms with Gasteiger partial charge >= 0.3 is 0 Å². The quantitative estimate of drug-likeness (QED) is 0.719. The van der Waals surface area contributed by atoms with Gasteiger partial charge < -0.3 is 5.32 Å². The molecule has 0 amide bonds. The molecule has 1 saturated carbocycles. The number of nitrogens with zero attached hydrogens (tertiary/aromatic N) is 1. The van der Waals surface area contributed by atoms with Gasteiger partial charge in [-0.1, -0.05) is 6.42 Å². The van der Waals surface area contributed by atoms with Crippen molar-refractivity contribution in [2.24, 2.45) is 5.92 Å². The van der Waals surface area contributed by atoms with Gasteiger partial charge in [0, 0.05) is 32.1 Å². The molecule has 1 aliphatic carbocycles. The fourth-order valence-electron chi connectivity index (χ4n) is 2.28. The van der Waals surface area contributed by atoms with Gasteiger partial charge in [-0.15, -0.1) is 0 Å². The molecule has 1 saturated heterocycles. The highest BCUT2D eigenvalue weighted by Crippen LogP contribution is 2.29. The second kappa shape index (κ2) is 4.41. The predicted molar refractivity (Wildman–Crippen MR) is 56.3 cm³/mol. The van der Waals surface area contributed by atoms with Crippen molar-refractivity contribution in [3.8, 4) is 0 Å². The van der Waals surface area contributed by atoms with E-state index < -0.39 is 0 Å². The molecule has 1 aliphatic heterocycles.